The van der Waals surface area contributed by atoms with Crippen molar-refractivity contribution in [3.8, 4) is 0 Å². The molecule has 1 aromatic rings. The predicted octanol–water partition coefficient (Wildman–Crippen LogP) is 0.632. The average molecular weight is 385 g/mol. The maximum absolute atomic E-state index is 12.6. The van der Waals surface area contributed by atoms with E-state index in [1.54, 1.807) is 15.4 Å². The maximum Gasteiger partial charge on any atom is 0.317 e. The van der Waals surface area contributed by atoms with E-state index in [-0.39, 0.29) is 12.1 Å². The van der Waals surface area contributed by atoms with Crippen molar-refractivity contribution in [3.05, 3.63) is 18.2 Å². The molecular formula is C16H28N6O3S. The molecule has 0 bridgehead atoms. The highest BCUT2D eigenvalue weighted by Crippen LogP contribution is 2.18. The van der Waals surface area contributed by atoms with Crippen LogP contribution in [0.25, 0.3) is 0 Å². The highest BCUT2D eigenvalue weighted by atomic mass is 32.2. The van der Waals surface area contributed by atoms with E-state index in [2.05, 4.69) is 24.1 Å². The number of rotatable bonds is 5. The number of carbonyl (C=O) groups excluding carboxylic acids is 1. The Balaban J connectivity index is 1.50. The molecule has 9 nitrogen and oxygen atoms in total. The number of aromatic nitrogens is 2. The lowest BCUT2D eigenvalue weighted by atomic mass is 10.3. The molecule has 3 rings (SSSR count). The fraction of sp³-hybridized carbons (Fsp3) is 0.750. The second-order valence-electron chi connectivity index (χ2n) is 7.00. The van der Waals surface area contributed by atoms with Gasteiger partial charge in [0.2, 0.25) is 0 Å². The Labute approximate surface area is 155 Å². The van der Waals surface area contributed by atoms with Gasteiger partial charge in [-0.3, -0.25) is 0 Å². The third kappa shape index (κ3) is 4.02. The zero-order valence-corrected chi connectivity index (χ0v) is 16.3. The maximum atomic E-state index is 12.6. The van der Waals surface area contributed by atoms with Gasteiger partial charge in [0.05, 0.1) is 6.54 Å². The molecule has 0 aliphatic carbocycles. The Bertz CT molecular complexity index is 718. The van der Waals surface area contributed by atoms with E-state index in [0.29, 0.717) is 45.8 Å². The van der Waals surface area contributed by atoms with Crippen LogP contribution in [-0.2, 0) is 16.8 Å². The zero-order chi connectivity index (χ0) is 18.7. The van der Waals surface area contributed by atoms with Crippen molar-refractivity contribution in [2.24, 2.45) is 0 Å². The minimum absolute atomic E-state index is 0.179. The van der Waals surface area contributed by atoms with Crippen LogP contribution in [-0.4, -0.2) is 76.8 Å². The Hall–Kier alpha value is -1.65. The third-order valence-electron chi connectivity index (χ3n) is 4.95. The fourth-order valence-corrected chi connectivity index (χ4v) is 5.09. The van der Waals surface area contributed by atoms with E-state index in [1.165, 1.54) is 4.31 Å². The number of nitrogens with zero attached hydrogens (tertiary/aromatic N) is 5. The average Bonchev–Trinajstić information content (AvgIpc) is 3.31. The summed E-state index contributed by atoms with van der Waals surface area (Å²) in [5, 5.41) is 2.88. The predicted molar refractivity (Wildman–Crippen MR) is 97.7 cm³/mol. The molecule has 2 aliphatic rings. The lowest BCUT2D eigenvalue weighted by Crippen LogP contribution is -2.55. The summed E-state index contributed by atoms with van der Waals surface area (Å²) in [4.78, 5) is 18.3. The van der Waals surface area contributed by atoms with Gasteiger partial charge in [0.1, 0.15) is 5.82 Å². The quantitative estimate of drug-likeness (QED) is 0.806. The van der Waals surface area contributed by atoms with Gasteiger partial charge in [0, 0.05) is 57.7 Å². The van der Waals surface area contributed by atoms with Crippen molar-refractivity contribution in [2.75, 3.05) is 39.3 Å². The Morgan fingerprint density at radius 1 is 1.12 bits per heavy atom. The van der Waals surface area contributed by atoms with E-state index in [1.807, 2.05) is 10.8 Å². The molecule has 1 aromatic heterocycles. The molecule has 2 amide bonds. The van der Waals surface area contributed by atoms with Gasteiger partial charge in [-0.2, -0.15) is 17.0 Å². The van der Waals surface area contributed by atoms with E-state index in [9.17, 15) is 13.2 Å². The summed E-state index contributed by atoms with van der Waals surface area (Å²) >= 11 is 0. The summed E-state index contributed by atoms with van der Waals surface area (Å²) in [7, 11) is -3.38. The van der Waals surface area contributed by atoms with Gasteiger partial charge in [0.25, 0.3) is 10.2 Å². The van der Waals surface area contributed by atoms with Crippen molar-refractivity contribution >= 4 is 16.2 Å². The van der Waals surface area contributed by atoms with Gasteiger partial charge in [-0.25, -0.2) is 9.78 Å². The van der Waals surface area contributed by atoms with Gasteiger partial charge in [0.15, 0.2) is 0 Å². The molecule has 0 radical (unpaired) electrons. The minimum atomic E-state index is -3.38. The first-order valence-electron chi connectivity index (χ1n) is 9.19. The first-order valence-corrected chi connectivity index (χ1v) is 10.6. The van der Waals surface area contributed by atoms with Crippen LogP contribution in [0.2, 0.25) is 0 Å². The van der Waals surface area contributed by atoms with Gasteiger partial charge < -0.3 is 14.8 Å². The zero-order valence-electron chi connectivity index (χ0n) is 15.5. The summed E-state index contributed by atoms with van der Waals surface area (Å²) < 4.78 is 30.2. The van der Waals surface area contributed by atoms with E-state index < -0.39 is 10.2 Å². The summed E-state index contributed by atoms with van der Waals surface area (Å²) in [6.45, 7) is 7.17. The molecule has 2 saturated heterocycles. The van der Waals surface area contributed by atoms with E-state index >= 15 is 0 Å². The highest BCUT2D eigenvalue weighted by molar-refractivity contribution is 7.86. The first-order chi connectivity index (χ1) is 12.4. The number of carbonyl (C=O) groups is 1. The van der Waals surface area contributed by atoms with Crippen molar-refractivity contribution in [1.29, 1.82) is 0 Å². The SMILES string of the molecule is CC(C)n1ccnc1CNC(=O)N1CCN(S(=O)(=O)N2CCCC2)CC1. The molecule has 26 heavy (non-hydrogen) atoms. The smallest absolute Gasteiger partial charge is 0.317 e. The molecule has 10 heteroatoms. The Morgan fingerprint density at radius 2 is 1.73 bits per heavy atom. The molecule has 146 valence electrons. The monoisotopic (exact) mass is 384 g/mol. The Morgan fingerprint density at radius 3 is 2.35 bits per heavy atom. The summed E-state index contributed by atoms with van der Waals surface area (Å²) in [5.41, 5.74) is 0. The van der Waals surface area contributed by atoms with Crippen molar-refractivity contribution in [2.45, 2.75) is 39.3 Å². The van der Waals surface area contributed by atoms with Crippen LogP contribution in [0.1, 0.15) is 38.6 Å². The van der Waals surface area contributed by atoms with E-state index in [0.717, 1.165) is 18.7 Å². The molecule has 0 atom stereocenters. The number of urea groups is 1. The van der Waals surface area contributed by atoms with Crippen LogP contribution in [0.4, 0.5) is 4.79 Å². The molecule has 0 saturated carbocycles. The molecule has 2 fully saturated rings. The molecule has 0 spiro atoms. The second-order valence-corrected chi connectivity index (χ2v) is 8.93. The van der Waals surface area contributed by atoms with Crippen molar-refractivity contribution < 1.29 is 13.2 Å². The molecule has 0 aromatic carbocycles. The Kier molecular flexibility index (Phi) is 5.83. The van der Waals surface area contributed by atoms with Crippen LogP contribution in [0, 0.1) is 0 Å². The third-order valence-corrected chi connectivity index (χ3v) is 6.98. The molecule has 3 heterocycles. The van der Waals surface area contributed by atoms with Crippen LogP contribution in [0.15, 0.2) is 12.4 Å². The van der Waals surface area contributed by atoms with Crippen LogP contribution in [0.3, 0.4) is 0 Å². The molecule has 2 aliphatic heterocycles. The number of piperazine rings is 1. The number of hydrogen-bond donors (Lipinski definition) is 1. The van der Waals surface area contributed by atoms with Crippen LogP contribution < -0.4 is 5.32 Å². The highest BCUT2D eigenvalue weighted by Gasteiger charge is 2.34. The molecule has 0 unspecified atom stereocenters. The second kappa shape index (κ2) is 7.93. The van der Waals surface area contributed by atoms with E-state index in [4.69, 9.17) is 0 Å². The lowest BCUT2D eigenvalue weighted by Gasteiger charge is -2.35. The van der Waals surface area contributed by atoms with Crippen molar-refractivity contribution in [1.82, 2.24) is 28.4 Å². The number of hydrogen-bond acceptors (Lipinski definition) is 4. The van der Waals surface area contributed by atoms with Gasteiger partial charge >= 0.3 is 6.03 Å². The van der Waals surface area contributed by atoms with Gasteiger partial charge in [-0.1, -0.05) is 0 Å². The summed E-state index contributed by atoms with van der Waals surface area (Å²) in [6.07, 6.45) is 5.47. The van der Waals surface area contributed by atoms with Gasteiger partial charge in [-0.05, 0) is 26.7 Å². The molecular weight excluding hydrogens is 356 g/mol. The van der Waals surface area contributed by atoms with Gasteiger partial charge in [-0.15, -0.1) is 0 Å². The normalized spacial score (nSPS) is 20.0. The number of imidazole rings is 1. The van der Waals surface area contributed by atoms with Crippen LogP contribution in [0.5, 0.6) is 0 Å². The topological polar surface area (TPSA) is 90.8 Å². The molecule has 1 N–H and O–H groups in total. The number of nitrogens with one attached hydrogen (secondary N) is 1. The first kappa shape index (κ1) is 19.1. The summed E-state index contributed by atoms with van der Waals surface area (Å²) in [6, 6.07) is 0.102. The lowest BCUT2D eigenvalue weighted by molar-refractivity contribution is 0.169. The standard InChI is InChI=1S/C16H28N6O3S/c1-14(2)22-8-5-17-15(22)13-18-16(23)19-9-11-21(12-10-19)26(24,25)20-6-3-4-7-20/h5,8,14H,3-4,6-7,9-13H2,1-2H3,(H,18,23). The van der Waals surface area contributed by atoms with Crippen LogP contribution >= 0.6 is 0 Å². The van der Waals surface area contributed by atoms with Crippen molar-refractivity contribution in [3.63, 3.8) is 0 Å². The largest absolute Gasteiger partial charge is 0.331 e. The minimum Gasteiger partial charge on any atom is -0.331 e. The number of amides is 2. The fourth-order valence-electron chi connectivity index (χ4n) is 3.42. The summed E-state index contributed by atoms with van der Waals surface area (Å²) in [5.74, 6) is 0.809.